The minimum atomic E-state index is -3.71. The first-order valence-corrected chi connectivity index (χ1v) is 9.91. The van der Waals surface area contributed by atoms with Crippen LogP contribution in [0, 0.1) is 0 Å². The van der Waals surface area contributed by atoms with Crippen molar-refractivity contribution >= 4 is 21.6 Å². The second kappa shape index (κ2) is 8.46. The summed E-state index contributed by atoms with van der Waals surface area (Å²) in [7, 11) is -3.71. The van der Waals surface area contributed by atoms with E-state index < -0.39 is 21.1 Å². The number of hydrogen-bond donors (Lipinski definition) is 2. The number of sulfone groups is 1. The van der Waals surface area contributed by atoms with Crippen LogP contribution in [0.4, 0.5) is 10.5 Å². The Kier molecular flexibility index (Phi) is 5.83. The van der Waals surface area contributed by atoms with Gasteiger partial charge in [0.2, 0.25) is 0 Å². The van der Waals surface area contributed by atoms with Crippen LogP contribution in [0.25, 0.3) is 0 Å². The Bertz CT molecular complexity index is 979. The molecule has 7 heteroatoms. The fraction of sp³-hybridized carbons (Fsp3) is 0.100. The van der Waals surface area contributed by atoms with Gasteiger partial charge in [-0.25, -0.2) is 13.2 Å². The molecule has 1 aromatic heterocycles. The molecule has 0 aliphatic rings. The van der Waals surface area contributed by atoms with E-state index in [1.54, 1.807) is 72.9 Å². The first-order chi connectivity index (χ1) is 13.1. The third kappa shape index (κ3) is 4.71. The van der Waals surface area contributed by atoms with Gasteiger partial charge in [-0.05, 0) is 35.9 Å². The number of amides is 2. The Morgan fingerprint density at radius 2 is 1.59 bits per heavy atom. The van der Waals surface area contributed by atoms with Gasteiger partial charge in [0.25, 0.3) is 0 Å². The van der Waals surface area contributed by atoms with Gasteiger partial charge in [0, 0.05) is 24.6 Å². The lowest BCUT2D eigenvalue weighted by Crippen LogP contribution is -2.34. The molecule has 0 radical (unpaired) electrons. The van der Waals surface area contributed by atoms with Gasteiger partial charge < -0.3 is 10.6 Å². The number of carbonyl (C=O) groups is 1. The summed E-state index contributed by atoms with van der Waals surface area (Å²) in [6.07, 6.45) is 3.08. The van der Waals surface area contributed by atoms with Gasteiger partial charge in [0.15, 0.2) is 9.84 Å². The number of para-hydroxylation sites is 1. The van der Waals surface area contributed by atoms with Crippen LogP contribution in [0.5, 0.6) is 0 Å². The number of nitrogens with one attached hydrogen (secondary N) is 2. The SMILES string of the molecule is O=C(NC[C@H](c1cccnc1)S(=O)(=O)c1ccccc1)Nc1ccccc1. The van der Waals surface area contributed by atoms with E-state index in [1.165, 1.54) is 6.20 Å². The van der Waals surface area contributed by atoms with Crippen molar-refractivity contribution in [2.24, 2.45) is 0 Å². The third-order valence-electron chi connectivity index (χ3n) is 3.98. The lowest BCUT2D eigenvalue weighted by atomic mass is 10.2. The van der Waals surface area contributed by atoms with E-state index in [2.05, 4.69) is 15.6 Å². The van der Waals surface area contributed by atoms with Crippen molar-refractivity contribution in [1.29, 1.82) is 0 Å². The highest BCUT2D eigenvalue weighted by atomic mass is 32.2. The molecular formula is C20H19N3O3S. The number of pyridine rings is 1. The number of benzene rings is 2. The second-order valence-electron chi connectivity index (χ2n) is 5.83. The molecule has 0 aliphatic carbocycles. The number of carbonyl (C=O) groups excluding carboxylic acids is 1. The molecule has 1 atom stereocenters. The standard InChI is InChI=1S/C20H19N3O3S/c24-20(23-17-9-3-1-4-10-17)22-15-19(16-8-7-13-21-14-16)27(25,26)18-11-5-2-6-12-18/h1-14,19H,15H2,(H2,22,23,24)/t19-/m1/s1. The van der Waals surface area contributed by atoms with Crippen molar-refractivity contribution in [2.45, 2.75) is 10.1 Å². The van der Waals surface area contributed by atoms with Crippen LogP contribution >= 0.6 is 0 Å². The largest absolute Gasteiger partial charge is 0.336 e. The maximum Gasteiger partial charge on any atom is 0.319 e. The average molecular weight is 381 g/mol. The van der Waals surface area contributed by atoms with Gasteiger partial charge in [0.1, 0.15) is 5.25 Å². The summed E-state index contributed by atoms with van der Waals surface area (Å²) in [5.41, 5.74) is 1.14. The fourth-order valence-corrected chi connectivity index (χ4v) is 4.30. The van der Waals surface area contributed by atoms with Crippen molar-refractivity contribution in [1.82, 2.24) is 10.3 Å². The molecule has 2 N–H and O–H groups in total. The predicted molar refractivity (Wildman–Crippen MR) is 104 cm³/mol. The van der Waals surface area contributed by atoms with Gasteiger partial charge >= 0.3 is 6.03 Å². The Balaban J connectivity index is 1.80. The normalized spacial score (nSPS) is 12.1. The summed E-state index contributed by atoms with van der Waals surface area (Å²) in [5, 5.41) is 4.38. The molecule has 1 heterocycles. The summed E-state index contributed by atoms with van der Waals surface area (Å²) in [4.78, 5) is 16.4. The molecule has 0 spiro atoms. The molecule has 0 saturated heterocycles. The molecule has 27 heavy (non-hydrogen) atoms. The van der Waals surface area contributed by atoms with Crippen LogP contribution in [0.2, 0.25) is 0 Å². The van der Waals surface area contributed by atoms with E-state index in [0.717, 1.165) is 0 Å². The molecule has 2 aromatic carbocycles. The zero-order valence-electron chi connectivity index (χ0n) is 14.4. The van der Waals surface area contributed by atoms with E-state index >= 15 is 0 Å². The van der Waals surface area contributed by atoms with E-state index in [-0.39, 0.29) is 11.4 Å². The summed E-state index contributed by atoms with van der Waals surface area (Å²) >= 11 is 0. The van der Waals surface area contributed by atoms with Crippen molar-refractivity contribution in [3.8, 4) is 0 Å². The average Bonchev–Trinajstić information content (AvgIpc) is 2.70. The van der Waals surface area contributed by atoms with E-state index in [1.807, 2.05) is 6.07 Å². The van der Waals surface area contributed by atoms with Crippen molar-refractivity contribution in [3.63, 3.8) is 0 Å². The van der Waals surface area contributed by atoms with Crippen LogP contribution in [-0.2, 0) is 9.84 Å². The van der Waals surface area contributed by atoms with Gasteiger partial charge in [-0.1, -0.05) is 42.5 Å². The highest BCUT2D eigenvalue weighted by Gasteiger charge is 2.29. The Labute approximate surface area is 158 Å². The Hall–Kier alpha value is -3.19. The van der Waals surface area contributed by atoms with E-state index in [4.69, 9.17) is 0 Å². The Morgan fingerprint density at radius 3 is 2.22 bits per heavy atom. The predicted octanol–water partition coefficient (Wildman–Crippen LogP) is 3.42. The minimum Gasteiger partial charge on any atom is -0.336 e. The lowest BCUT2D eigenvalue weighted by molar-refractivity contribution is 0.252. The van der Waals surface area contributed by atoms with Crippen LogP contribution < -0.4 is 10.6 Å². The molecule has 138 valence electrons. The minimum absolute atomic E-state index is 0.0818. The van der Waals surface area contributed by atoms with Crippen LogP contribution in [-0.4, -0.2) is 26.0 Å². The molecule has 0 saturated carbocycles. The summed E-state index contributed by atoms with van der Waals surface area (Å²) in [6.45, 7) is -0.0818. The molecule has 0 aliphatic heterocycles. The zero-order valence-corrected chi connectivity index (χ0v) is 15.3. The van der Waals surface area contributed by atoms with Crippen LogP contribution in [0.3, 0.4) is 0 Å². The number of rotatable bonds is 6. The first kappa shape index (κ1) is 18.6. The monoisotopic (exact) mass is 381 g/mol. The summed E-state index contributed by atoms with van der Waals surface area (Å²) in [5.74, 6) is 0. The molecule has 3 rings (SSSR count). The number of hydrogen-bond acceptors (Lipinski definition) is 4. The molecule has 0 bridgehead atoms. The van der Waals surface area contributed by atoms with Crippen LogP contribution in [0.15, 0.2) is 90.1 Å². The summed E-state index contributed by atoms with van der Waals surface area (Å²) in [6, 6.07) is 20.0. The molecular weight excluding hydrogens is 362 g/mol. The van der Waals surface area contributed by atoms with E-state index in [0.29, 0.717) is 11.3 Å². The van der Waals surface area contributed by atoms with E-state index in [9.17, 15) is 13.2 Å². The number of nitrogens with zero attached hydrogens (tertiary/aromatic N) is 1. The molecule has 3 aromatic rings. The molecule has 0 unspecified atom stereocenters. The maximum atomic E-state index is 13.1. The highest BCUT2D eigenvalue weighted by molar-refractivity contribution is 7.91. The maximum absolute atomic E-state index is 13.1. The lowest BCUT2D eigenvalue weighted by Gasteiger charge is -2.19. The van der Waals surface area contributed by atoms with Gasteiger partial charge in [-0.2, -0.15) is 0 Å². The topological polar surface area (TPSA) is 88.2 Å². The molecule has 0 fully saturated rings. The quantitative estimate of drug-likeness (QED) is 0.685. The molecule has 6 nitrogen and oxygen atoms in total. The zero-order chi connectivity index (χ0) is 19.1. The third-order valence-corrected chi connectivity index (χ3v) is 6.10. The van der Waals surface area contributed by atoms with Crippen LogP contribution in [0.1, 0.15) is 10.8 Å². The highest BCUT2D eigenvalue weighted by Crippen LogP contribution is 2.27. The molecule has 2 amide bonds. The van der Waals surface area contributed by atoms with Crippen molar-refractivity contribution in [3.05, 3.63) is 90.8 Å². The van der Waals surface area contributed by atoms with Gasteiger partial charge in [-0.3, -0.25) is 4.98 Å². The van der Waals surface area contributed by atoms with Crippen molar-refractivity contribution < 1.29 is 13.2 Å². The number of urea groups is 1. The number of anilines is 1. The van der Waals surface area contributed by atoms with Crippen molar-refractivity contribution in [2.75, 3.05) is 11.9 Å². The first-order valence-electron chi connectivity index (χ1n) is 8.36. The van der Waals surface area contributed by atoms with Gasteiger partial charge in [-0.15, -0.1) is 0 Å². The second-order valence-corrected chi connectivity index (χ2v) is 7.96. The number of aromatic nitrogens is 1. The van der Waals surface area contributed by atoms with Gasteiger partial charge in [0.05, 0.1) is 4.90 Å². The smallest absolute Gasteiger partial charge is 0.319 e. The Morgan fingerprint density at radius 1 is 0.926 bits per heavy atom. The fourth-order valence-electron chi connectivity index (χ4n) is 2.63. The summed E-state index contributed by atoms with van der Waals surface area (Å²) < 4.78 is 26.2.